The van der Waals surface area contributed by atoms with Crippen LogP contribution in [0.25, 0.3) is 0 Å². The van der Waals surface area contributed by atoms with Gasteiger partial charge in [0.15, 0.2) is 5.78 Å². The standard InChI is InChI=1S/C17H22N2O2/c1-12-5-8-14(19(4)17(21)13-6-7-13)11-15(12)16(20)9-10-18(2)3/h5,8-11,13H,6-7H2,1-4H3. The van der Waals surface area contributed by atoms with Crippen LogP contribution < -0.4 is 4.90 Å². The zero-order valence-corrected chi connectivity index (χ0v) is 13.1. The van der Waals surface area contributed by atoms with E-state index in [4.69, 9.17) is 0 Å². The van der Waals surface area contributed by atoms with Crippen molar-refractivity contribution in [3.05, 3.63) is 41.6 Å². The van der Waals surface area contributed by atoms with Gasteiger partial charge in [0.05, 0.1) is 0 Å². The normalized spacial score (nSPS) is 14.3. The van der Waals surface area contributed by atoms with E-state index in [1.54, 1.807) is 30.3 Å². The Bertz CT molecular complexity index is 586. The van der Waals surface area contributed by atoms with Crippen molar-refractivity contribution in [1.29, 1.82) is 0 Å². The van der Waals surface area contributed by atoms with Gasteiger partial charge in [-0.2, -0.15) is 0 Å². The molecule has 4 heteroatoms. The summed E-state index contributed by atoms with van der Waals surface area (Å²) in [4.78, 5) is 27.8. The summed E-state index contributed by atoms with van der Waals surface area (Å²) in [6, 6.07) is 5.59. The molecule has 4 nitrogen and oxygen atoms in total. The van der Waals surface area contributed by atoms with Crippen LogP contribution in [0, 0.1) is 12.8 Å². The first-order valence-electron chi connectivity index (χ1n) is 7.17. The van der Waals surface area contributed by atoms with E-state index in [-0.39, 0.29) is 17.6 Å². The molecule has 1 aliphatic rings. The lowest BCUT2D eigenvalue weighted by atomic mass is 10.0. The predicted molar refractivity (Wildman–Crippen MR) is 84.5 cm³/mol. The number of anilines is 1. The number of rotatable bonds is 5. The number of hydrogen-bond donors (Lipinski definition) is 0. The third-order valence-electron chi connectivity index (χ3n) is 3.66. The molecule has 0 atom stereocenters. The van der Waals surface area contributed by atoms with E-state index in [9.17, 15) is 9.59 Å². The number of nitrogens with zero attached hydrogens (tertiary/aromatic N) is 2. The van der Waals surface area contributed by atoms with Crippen LogP contribution >= 0.6 is 0 Å². The van der Waals surface area contributed by atoms with Gasteiger partial charge in [-0.15, -0.1) is 0 Å². The van der Waals surface area contributed by atoms with Crippen molar-refractivity contribution in [2.24, 2.45) is 5.92 Å². The molecule has 0 saturated heterocycles. The van der Waals surface area contributed by atoms with Crippen LogP contribution in [-0.2, 0) is 4.79 Å². The number of allylic oxidation sites excluding steroid dienone is 1. The summed E-state index contributed by atoms with van der Waals surface area (Å²) in [5.74, 6) is 0.264. The smallest absolute Gasteiger partial charge is 0.229 e. The van der Waals surface area contributed by atoms with Gasteiger partial charge >= 0.3 is 0 Å². The third-order valence-corrected chi connectivity index (χ3v) is 3.66. The van der Waals surface area contributed by atoms with Gasteiger partial charge in [0.25, 0.3) is 0 Å². The van der Waals surface area contributed by atoms with Gasteiger partial charge in [-0.25, -0.2) is 0 Å². The number of carbonyl (C=O) groups excluding carboxylic acids is 2. The number of aryl methyl sites for hydroxylation is 1. The third kappa shape index (κ3) is 3.72. The van der Waals surface area contributed by atoms with E-state index >= 15 is 0 Å². The summed E-state index contributed by atoms with van der Waals surface area (Å²) in [6.07, 6.45) is 5.24. The van der Waals surface area contributed by atoms with Gasteiger partial charge in [0.1, 0.15) is 0 Å². The van der Waals surface area contributed by atoms with Crippen molar-refractivity contribution in [2.45, 2.75) is 19.8 Å². The summed E-state index contributed by atoms with van der Waals surface area (Å²) < 4.78 is 0. The Kier molecular flexibility index (Phi) is 4.46. The molecule has 1 fully saturated rings. The van der Waals surface area contributed by atoms with E-state index in [2.05, 4.69) is 0 Å². The van der Waals surface area contributed by atoms with E-state index in [0.717, 1.165) is 24.1 Å². The summed E-state index contributed by atoms with van der Waals surface area (Å²) in [7, 11) is 5.51. The molecule has 0 unspecified atom stereocenters. The fraction of sp³-hybridized carbons (Fsp3) is 0.412. The molecule has 1 aliphatic carbocycles. The fourth-order valence-corrected chi connectivity index (χ4v) is 2.12. The van der Waals surface area contributed by atoms with E-state index in [1.807, 2.05) is 38.1 Å². The Labute approximate surface area is 126 Å². The van der Waals surface area contributed by atoms with Crippen molar-refractivity contribution in [1.82, 2.24) is 4.90 Å². The maximum Gasteiger partial charge on any atom is 0.229 e. The second kappa shape index (κ2) is 6.12. The first-order chi connectivity index (χ1) is 9.90. The molecule has 0 aliphatic heterocycles. The summed E-state index contributed by atoms with van der Waals surface area (Å²) in [5.41, 5.74) is 2.33. The lowest BCUT2D eigenvalue weighted by molar-refractivity contribution is -0.119. The molecule has 1 aromatic rings. The van der Waals surface area contributed by atoms with Gasteiger partial charge in [-0.1, -0.05) is 6.07 Å². The lowest BCUT2D eigenvalue weighted by Crippen LogP contribution is -2.27. The maximum absolute atomic E-state index is 12.2. The van der Waals surface area contributed by atoms with Crippen LogP contribution in [-0.4, -0.2) is 37.7 Å². The molecule has 0 radical (unpaired) electrons. The van der Waals surface area contributed by atoms with Crippen LogP contribution in [0.3, 0.4) is 0 Å². The number of ketones is 1. The molecule has 0 bridgehead atoms. The highest BCUT2D eigenvalue weighted by atomic mass is 16.2. The quantitative estimate of drug-likeness (QED) is 0.617. The Balaban J connectivity index is 2.24. The van der Waals surface area contributed by atoms with Gasteiger partial charge in [0.2, 0.25) is 5.91 Å². The number of hydrogen-bond acceptors (Lipinski definition) is 3. The topological polar surface area (TPSA) is 40.6 Å². The Morgan fingerprint density at radius 2 is 1.86 bits per heavy atom. The number of carbonyl (C=O) groups is 2. The average Bonchev–Trinajstić information content (AvgIpc) is 3.28. The van der Waals surface area contributed by atoms with Crippen LogP contribution in [0.4, 0.5) is 5.69 Å². The largest absolute Gasteiger partial charge is 0.383 e. The van der Waals surface area contributed by atoms with Crippen molar-refractivity contribution >= 4 is 17.4 Å². The molecule has 0 spiro atoms. The molecule has 2 rings (SSSR count). The molecule has 0 aromatic heterocycles. The molecular weight excluding hydrogens is 264 g/mol. The van der Waals surface area contributed by atoms with Crippen LogP contribution in [0.2, 0.25) is 0 Å². The van der Waals surface area contributed by atoms with Crippen LogP contribution in [0.5, 0.6) is 0 Å². The molecule has 1 aromatic carbocycles. The highest BCUT2D eigenvalue weighted by Crippen LogP contribution is 2.32. The van der Waals surface area contributed by atoms with Crippen LogP contribution in [0.15, 0.2) is 30.5 Å². The number of amides is 1. The average molecular weight is 286 g/mol. The van der Waals surface area contributed by atoms with Gasteiger partial charge in [0, 0.05) is 50.6 Å². The Morgan fingerprint density at radius 1 is 1.19 bits per heavy atom. The minimum atomic E-state index is -0.0460. The molecule has 21 heavy (non-hydrogen) atoms. The van der Waals surface area contributed by atoms with Gasteiger partial charge in [-0.3, -0.25) is 9.59 Å². The summed E-state index contributed by atoms with van der Waals surface area (Å²) in [6.45, 7) is 1.91. The van der Waals surface area contributed by atoms with Gasteiger partial charge < -0.3 is 9.80 Å². The summed E-state index contributed by atoms with van der Waals surface area (Å²) in [5, 5.41) is 0. The fourth-order valence-electron chi connectivity index (χ4n) is 2.12. The van der Waals surface area contributed by atoms with Crippen molar-refractivity contribution < 1.29 is 9.59 Å². The van der Waals surface area contributed by atoms with Crippen LogP contribution in [0.1, 0.15) is 28.8 Å². The molecule has 1 saturated carbocycles. The van der Waals surface area contributed by atoms with E-state index in [0.29, 0.717) is 5.56 Å². The Morgan fingerprint density at radius 3 is 2.43 bits per heavy atom. The monoisotopic (exact) mass is 286 g/mol. The second-order valence-electron chi connectivity index (χ2n) is 5.81. The first kappa shape index (κ1) is 15.3. The highest BCUT2D eigenvalue weighted by Gasteiger charge is 2.32. The van der Waals surface area contributed by atoms with E-state index < -0.39 is 0 Å². The first-order valence-corrected chi connectivity index (χ1v) is 7.17. The molecule has 0 N–H and O–H groups in total. The zero-order chi connectivity index (χ0) is 15.6. The SMILES string of the molecule is Cc1ccc(N(C)C(=O)C2CC2)cc1C(=O)C=CN(C)C. The van der Waals surface area contributed by atoms with Gasteiger partial charge in [-0.05, 0) is 37.5 Å². The zero-order valence-electron chi connectivity index (χ0n) is 13.1. The molecular formula is C17H22N2O2. The Hall–Kier alpha value is -2.10. The molecule has 0 heterocycles. The summed E-state index contributed by atoms with van der Waals surface area (Å²) >= 11 is 0. The lowest BCUT2D eigenvalue weighted by Gasteiger charge is -2.18. The highest BCUT2D eigenvalue weighted by molar-refractivity contribution is 6.07. The predicted octanol–water partition coefficient (Wildman–Crippen LogP) is 2.63. The maximum atomic E-state index is 12.2. The minimum absolute atomic E-state index is 0.0460. The number of benzene rings is 1. The molecule has 112 valence electrons. The van der Waals surface area contributed by atoms with Crippen molar-refractivity contribution in [3.63, 3.8) is 0 Å². The second-order valence-corrected chi connectivity index (χ2v) is 5.81. The van der Waals surface area contributed by atoms with Crippen molar-refractivity contribution in [2.75, 3.05) is 26.0 Å². The minimum Gasteiger partial charge on any atom is -0.383 e. The molecule has 1 amide bonds. The van der Waals surface area contributed by atoms with Crippen molar-refractivity contribution in [3.8, 4) is 0 Å². The van der Waals surface area contributed by atoms with E-state index in [1.165, 1.54) is 0 Å².